The smallest absolute Gasteiger partial charge is 0.489 e. The van der Waals surface area contributed by atoms with Gasteiger partial charge in [-0.3, -0.25) is 24.7 Å². The van der Waals surface area contributed by atoms with Crippen LogP contribution in [-0.2, 0) is 16.2 Å². The van der Waals surface area contributed by atoms with E-state index < -0.39 is 30.7 Å². The molecule has 44 heavy (non-hydrogen) atoms. The van der Waals surface area contributed by atoms with Crippen LogP contribution in [0.15, 0.2) is 54.6 Å². The number of carbonyl (C=O) groups is 4. The van der Waals surface area contributed by atoms with Crippen LogP contribution in [0.1, 0.15) is 47.3 Å². The van der Waals surface area contributed by atoms with Crippen molar-refractivity contribution in [3.8, 4) is 5.75 Å². The molecule has 0 atom stereocenters. The third kappa shape index (κ3) is 9.55. The summed E-state index contributed by atoms with van der Waals surface area (Å²) in [6, 6.07) is 16.5. The fourth-order valence-electron chi connectivity index (χ4n) is 4.72. The zero-order valence-corrected chi connectivity index (χ0v) is 23.5. The molecule has 1 aliphatic rings. The Balaban J connectivity index is 0.000000676. The Morgan fingerprint density at radius 2 is 1.61 bits per heavy atom. The first-order chi connectivity index (χ1) is 20.8. The number of rotatable bonds is 8. The van der Waals surface area contributed by atoms with Gasteiger partial charge >= 0.3 is 18.2 Å². The van der Waals surface area contributed by atoms with Gasteiger partial charge in [-0.2, -0.15) is 13.2 Å². The summed E-state index contributed by atoms with van der Waals surface area (Å²) in [4.78, 5) is 50.1. The first-order valence-corrected chi connectivity index (χ1v) is 13.4. The van der Waals surface area contributed by atoms with Crippen molar-refractivity contribution in [1.82, 2.24) is 20.7 Å². The first kappa shape index (κ1) is 33.6. The summed E-state index contributed by atoms with van der Waals surface area (Å²) in [5.74, 6) is -3.10. The number of carboxylic acids is 1. The molecule has 4 rings (SSSR count). The summed E-state index contributed by atoms with van der Waals surface area (Å²) in [6.45, 7) is 1.90. The lowest BCUT2D eigenvalue weighted by Gasteiger charge is -2.35. The number of aromatic nitrogens is 1. The fraction of sp³-hybridized carbons (Fsp3) is 0.345. The number of amides is 3. The largest absolute Gasteiger partial charge is 0.490 e. The highest BCUT2D eigenvalue weighted by molar-refractivity contribution is 5.94. The summed E-state index contributed by atoms with van der Waals surface area (Å²) in [5, 5.41) is 29.3. The van der Waals surface area contributed by atoms with Gasteiger partial charge in [0.15, 0.2) is 0 Å². The molecule has 1 aliphatic carbocycles. The lowest BCUT2D eigenvalue weighted by atomic mass is 9.90. The second kappa shape index (κ2) is 15.0. The molecule has 0 spiro atoms. The quantitative estimate of drug-likeness (QED) is 0.182. The van der Waals surface area contributed by atoms with Crippen molar-refractivity contribution in [1.29, 1.82) is 0 Å². The van der Waals surface area contributed by atoms with Crippen LogP contribution in [0.25, 0.3) is 10.9 Å². The summed E-state index contributed by atoms with van der Waals surface area (Å²) < 4.78 is 37.7. The van der Waals surface area contributed by atoms with Crippen molar-refractivity contribution in [2.45, 2.75) is 57.5 Å². The average molecular weight is 621 g/mol. The maximum absolute atomic E-state index is 12.8. The highest BCUT2D eigenvalue weighted by Gasteiger charge is 2.38. The fourth-order valence-corrected chi connectivity index (χ4v) is 4.72. The van der Waals surface area contributed by atoms with Crippen LogP contribution in [0, 0.1) is 6.92 Å². The van der Waals surface area contributed by atoms with E-state index >= 15 is 0 Å². The molecule has 12 nitrogen and oxygen atoms in total. The molecule has 3 amide bonds. The minimum Gasteiger partial charge on any atom is -0.489 e. The molecule has 0 aliphatic heterocycles. The molecule has 0 bridgehead atoms. The van der Waals surface area contributed by atoms with Crippen molar-refractivity contribution >= 4 is 34.8 Å². The number of hydrogen-bond acceptors (Lipinski definition) is 7. The van der Waals surface area contributed by atoms with Crippen molar-refractivity contribution in [3.05, 3.63) is 71.4 Å². The van der Waals surface area contributed by atoms with Crippen molar-refractivity contribution in [3.63, 3.8) is 0 Å². The summed E-state index contributed by atoms with van der Waals surface area (Å²) in [6.07, 6.45) is -4.12. The molecule has 0 saturated heterocycles. The lowest BCUT2D eigenvalue weighted by molar-refractivity contribution is -0.192. The van der Waals surface area contributed by atoms with Gasteiger partial charge in [0.05, 0.1) is 5.52 Å². The molecule has 0 radical (unpaired) electrons. The number of hydrogen-bond donors (Lipinski definition) is 5. The topological polar surface area (TPSA) is 178 Å². The third-order valence-corrected chi connectivity index (χ3v) is 6.84. The van der Waals surface area contributed by atoms with Gasteiger partial charge in [-0.1, -0.05) is 18.2 Å². The van der Waals surface area contributed by atoms with E-state index in [9.17, 15) is 32.7 Å². The van der Waals surface area contributed by atoms with Crippen LogP contribution in [0.5, 0.6) is 5.75 Å². The average Bonchev–Trinajstić information content (AvgIpc) is 2.98. The summed E-state index contributed by atoms with van der Waals surface area (Å²) in [5.41, 5.74) is 4.85. The molecule has 2 aromatic carbocycles. The van der Waals surface area contributed by atoms with E-state index in [1.807, 2.05) is 37.3 Å². The van der Waals surface area contributed by atoms with Gasteiger partial charge in [0.25, 0.3) is 11.8 Å². The third-order valence-electron chi connectivity index (χ3n) is 6.84. The summed E-state index contributed by atoms with van der Waals surface area (Å²) in [7, 11) is 0. The SMILES string of the molecule is Cc1cc(COc2ccc(C(=O)N[C@H]3CC[C@H](N(CC(=O)NO)C(=O)O)CC3)cc2)c2ccccc2n1.O=C(O)C(F)(F)F. The van der Waals surface area contributed by atoms with Gasteiger partial charge in [-0.25, -0.2) is 15.1 Å². The van der Waals surface area contributed by atoms with Crippen LogP contribution in [-0.4, -0.2) is 74.0 Å². The van der Waals surface area contributed by atoms with Crippen LogP contribution in [0.4, 0.5) is 18.0 Å². The second-order valence-corrected chi connectivity index (χ2v) is 9.98. The number of nitrogens with one attached hydrogen (secondary N) is 2. The number of aliphatic carboxylic acids is 1. The van der Waals surface area contributed by atoms with E-state index in [0.717, 1.165) is 27.1 Å². The van der Waals surface area contributed by atoms with Crippen LogP contribution in [0.3, 0.4) is 0 Å². The Morgan fingerprint density at radius 3 is 2.18 bits per heavy atom. The van der Waals surface area contributed by atoms with E-state index in [4.69, 9.17) is 19.8 Å². The number of carboxylic acid groups (broad SMARTS) is 2. The maximum Gasteiger partial charge on any atom is 0.490 e. The Bertz CT molecular complexity index is 1480. The number of benzene rings is 2. The van der Waals surface area contributed by atoms with E-state index in [2.05, 4.69) is 10.3 Å². The number of ether oxygens (including phenoxy) is 1. The Labute approximate surface area is 249 Å². The molecule has 1 aromatic heterocycles. The molecular formula is C29H31F3N4O8. The normalized spacial score (nSPS) is 16.2. The Hall–Kier alpha value is -4.92. The van der Waals surface area contributed by atoms with E-state index in [1.165, 1.54) is 5.48 Å². The van der Waals surface area contributed by atoms with Gasteiger partial charge in [0.2, 0.25) is 0 Å². The molecule has 1 fully saturated rings. The van der Waals surface area contributed by atoms with Crippen molar-refractivity contribution < 1.29 is 52.5 Å². The Morgan fingerprint density at radius 1 is 1.00 bits per heavy atom. The number of aryl methyl sites for hydroxylation is 1. The predicted octanol–water partition coefficient (Wildman–Crippen LogP) is 4.28. The first-order valence-electron chi connectivity index (χ1n) is 13.4. The number of halogens is 3. The number of para-hydroxylation sites is 1. The zero-order chi connectivity index (χ0) is 32.4. The molecular weight excluding hydrogens is 589 g/mol. The number of hydroxylamine groups is 1. The van der Waals surface area contributed by atoms with Crippen LogP contribution >= 0.6 is 0 Å². The van der Waals surface area contributed by atoms with Gasteiger partial charge in [0.1, 0.15) is 18.9 Å². The molecule has 3 aromatic rings. The van der Waals surface area contributed by atoms with Crippen LogP contribution < -0.4 is 15.5 Å². The van der Waals surface area contributed by atoms with Gasteiger partial charge in [-0.15, -0.1) is 0 Å². The van der Waals surface area contributed by atoms with Crippen LogP contribution in [0.2, 0.25) is 0 Å². The van der Waals surface area contributed by atoms with Gasteiger partial charge in [-0.05, 0) is 69.0 Å². The van der Waals surface area contributed by atoms with Gasteiger partial charge in [0, 0.05) is 34.3 Å². The number of pyridine rings is 1. The minimum atomic E-state index is -5.08. The standard InChI is InChI=1S/C27H30N4O6.C2HF3O2/c1-17-14-19(23-4-2-3-5-24(23)28-17)16-37-22-12-6-18(7-13-22)26(33)29-20-8-10-21(11-9-20)31(27(34)35)15-25(32)30-36;3-2(4,5)1(6)7/h2-7,12-14,20-21,36H,8-11,15-16H2,1H3,(H,29,33)(H,30,32)(H,34,35);(H,6,7)/t20-,21-;. The molecule has 5 N–H and O–H groups in total. The number of carbonyl (C=O) groups excluding carboxylic acids is 2. The maximum atomic E-state index is 12.8. The second-order valence-electron chi connectivity index (χ2n) is 9.98. The highest BCUT2D eigenvalue weighted by atomic mass is 19.4. The monoisotopic (exact) mass is 620 g/mol. The molecule has 0 unspecified atom stereocenters. The van der Waals surface area contributed by atoms with E-state index in [-0.39, 0.29) is 18.0 Å². The number of fused-ring (bicyclic) bond motifs is 1. The predicted molar refractivity (Wildman–Crippen MR) is 149 cm³/mol. The number of alkyl halides is 3. The number of nitrogens with zero attached hydrogens (tertiary/aromatic N) is 2. The molecule has 236 valence electrons. The summed E-state index contributed by atoms with van der Waals surface area (Å²) >= 11 is 0. The van der Waals surface area contributed by atoms with Crippen molar-refractivity contribution in [2.24, 2.45) is 0 Å². The van der Waals surface area contributed by atoms with E-state index in [1.54, 1.807) is 24.3 Å². The van der Waals surface area contributed by atoms with E-state index in [0.29, 0.717) is 43.6 Å². The van der Waals surface area contributed by atoms with Gasteiger partial charge < -0.3 is 20.3 Å². The molecule has 1 heterocycles. The highest BCUT2D eigenvalue weighted by Crippen LogP contribution is 2.25. The zero-order valence-electron chi connectivity index (χ0n) is 23.5. The molecule has 15 heteroatoms. The molecule has 1 saturated carbocycles. The lowest BCUT2D eigenvalue weighted by Crippen LogP contribution is -2.49. The minimum absolute atomic E-state index is 0.0924. The van der Waals surface area contributed by atoms with Crippen molar-refractivity contribution in [2.75, 3.05) is 6.54 Å². The Kier molecular flexibility index (Phi) is 11.4.